The van der Waals surface area contributed by atoms with Gasteiger partial charge < -0.3 is 10.4 Å². The third-order valence-corrected chi connectivity index (χ3v) is 4.23. The lowest BCUT2D eigenvalue weighted by atomic mass is 10.0. The van der Waals surface area contributed by atoms with Crippen molar-refractivity contribution >= 4 is 11.6 Å². The average Bonchev–Trinajstić information content (AvgIpc) is 3.32. The topological polar surface area (TPSA) is 95.1 Å². The van der Waals surface area contributed by atoms with Crippen molar-refractivity contribution in [2.75, 3.05) is 11.9 Å². The maximum absolute atomic E-state index is 14.3. The van der Waals surface area contributed by atoms with E-state index in [0.717, 1.165) is 6.07 Å². The summed E-state index contributed by atoms with van der Waals surface area (Å²) in [6.45, 7) is -0.265. The number of rotatable bonds is 4. The third kappa shape index (κ3) is 2.57. The Bertz CT molecular complexity index is 902. The number of nitrogens with zero attached hydrogens (tertiary/aromatic N) is 2. The lowest BCUT2D eigenvalue weighted by molar-refractivity contribution is -0.120. The third-order valence-electron chi connectivity index (χ3n) is 4.23. The standard InChI is InChI=1S/C17H14FN3O3/c18-13-7-12(21-6-2-1-3-15(21)23)4-5-14(13)20-16(24)17(10-19)8-11(17)9-22/h1-7,11,22H,8-9H2,(H,20,24). The zero-order chi connectivity index (χ0) is 17.3. The quantitative estimate of drug-likeness (QED) is 0.888. The number of pyridine rings is 1. The summed E-state index contributed by atoms with van der Waals surface area (Å²) in [7, 11) is 0. The van der Waals surface area contributed by atoms with Crippen LogP contribution in [0.2, 0.25) is 0 Å². The molecular formula is C17H14FN3O3. The fourth-order valence-corrected chi connectivity index (χ4v) is 2.65. The molecule has 2 unspecified atom stereocenters. The van der Waals surface area contributed by atoms with E-state index in [1.54, 1.807) is 12.1 Å². The first-order valence-electron chi connectivity index (χ1n) is 7.33. The number of benzene rings is 1. The highest BCUT2D eigenvalue weighted by molar-refractivity contribution is 5.99. The van der Waals surface area contributed by atoms with Crippen LogP contribution in [0.3, 0.4) is 0 Å². The molecule has 1 aromatic heterocycles. The molecule has 1 fully saturated rings. The predicted molar refractivity (Wildman–Crippen MR) is 83.9 cm³/mol. The second-order valence-electron chi connectivity index (χ2n) is 5.69. The number of hydrogen-bond acceptors (Lipinski definition) is 4. The molecule has 0 bridgehead atoms. The monoisotopic (exact) mass is 327 g/mol. The van der Waals surface area contributed by atoms with E-state index in [-0.39, 0.29) is 24.3 Å². The van der Waals surface area contributed by atoms with Gasteiger partial charge in [-0.25, -0.2) is 4.39 Å². The van der Waals surface area contributed by atoms with Crippen LogP contribution in [0.5, 0.6) is 0 Å². The fourth-order valence-electron chi connectivity index (χ4n) is 2.65. The summed E-state index contributed by atoms with van der Waals surface area (Å²) >= 11 is 0. The molecule has 7 heteroatoms. The number of anilines is 1. The van der Waals surface area contributed by atoms with Crippen molar-refractivity contribution in [2.24, 2.45) is 11.3 Å². The molecule has 1 aliphatic rings. The Balaban J connectivity index is 1.84. The summed E-state index contributed by atoms with van der Waals surface area (Å²) in [5.41, 5.74) is -1.35. The van der Waals surface area contributed by atoms with Gasteiger partial charge in [-0.15, -0.1) is 0 Å². The highest BCUT2D eigenvalue weighted by atomic mass is 19.1. The molecule has 0 aliphatic heterocycles. The summed E-state index contributed by atoms with van der Waals surface area (Å²) in [5, 5.41) is 20.6. The van der Waals surface area contributed by atoms with Gasteiger partial charge in [0.2, 0.25) is 5.91 Å². The SMILES string of the molecule is N#CC1(C(=O)Nc2ccc(-n3ccccc3=O)cc2F)CC1CO. The summed E-state index contributed by atoms with van der Waals surface area (Å²) in [6, 6.07) is 10.4. The lowest BCUT2D eigenvalue weighted by Gasteiger charge is -2.12. The van der Waals surface area contributed by atoms with Gasteiger partial charge in [-0.3, -0.25) is 14.2 Å². The van der Waals surface area contributed by atoms with Crippen LogP contribution in [-0.4, -0.2) is 22.2 Å². The van der Waals surface area contributed by atoms with E-state index in [4.69, 9.17) is 10.4 Å². The van der Waals surface area contributed by atoms with Gasteiger partial charge in [-0.1, -0.05) is 6.07 Å². The molecule has 6 nitrogen and oxygen atoms in total. The Labute approximate surface area is 136 Å². The van der Waals surface area contributed by atoms with E-state index < -0.39 is 23.1 Å². The van der Waals surface area contributed by atoms with Crippen LogP contribution >= 0.6 is 0 Å². The van der Waals surface area contributed by atoms with Crippen LogP contribution in [-0.2, 0) is 4.79 Å². The van der Waals surface area contributed by atoms with Gasteiger partial charge in [0.15, 0.2) is 0 Å². The summed E-state index contributed by atoms with van der Waals surface area (Å²) in [4.78, 5) is 23.9. The van der Waals surface area contributed by atoms with Gasteiger partial charge in [0.1, 0.15) is 11.2 Å². The van der Waals surface area contributed by atoms with Crippen molar-refractivity contribution in [1.82, 2.24) is 4.57 Å². The lowest BCUT2D eigenvalue weighted by Crippen LogP contribution is -2.26. The number of aromatic nitrogens is 1. The van der Waals surface area contributed by atoms with Crippen LogP contribution in [0.1, 0.15) is 6.42 Å². The fraction of sp³-hybridized carbons (Fsp3) is 0.235. The van der Waals surface area contributed by atoms with E-state index >= 15 is 0 Å². The molecule has 2 atom stereocenters. The van der Waals surface area contributed by atoms with E-state index in [1.807, 2.05) is 6.07 Å². The van der Waals surface area contributed by atoms with Crippen LogP contribution in [0.15, 0.2) is 47.4 Å². The molecule has 1 saturated carbocycles. The first kappa shape index (κ1) is 15.9. The van der Waals surface area contributed by atoms with Crippen molar-refractivity contribution in [3.63, 3.8) is 0 Å². The van der Waals surface area contributed by atoms with Crippen LogP contribution in [0.4, 0.5) is 10.1 Å². The average molecular weight is 327 g/mol. The summed E-state index contributed by atoms with van der Waals surface area (Å²) < 4.78 is 15.5. The molecule has 24 heavy (non-hydrogen) atoms. The minimum absolute atomic E-state index is 0.0778. The number of nitriles is 1. The van der Waals surface area contributed by atoms with Gasteiger partial charge in [0.25, 0.3) is 5.56 Å². The second-order valence-corrected chi connectivity index (χ2v) is 5.69. The molecule has 2 N–H and O–H groups in total. The van der Waals surface area contributed by atoms with Crippen molar-refractivity contribution in [1.29, 1.82) is 5.26 Å². The highest BCUT2D eigenvalue weighted by Crippen LogP contribution is 2.52. The molecule has 0 radical (unpaired) electrons. The van der Waals surface area contributed by atoms with Crippen molar-refractivity contribution < 1.29 is 14.3 Å². The Morgan fingerprint density at radius 2 is 2.25 bits per heavy atom. The molecule has 3 rings (SSSR count). The van der Waals surface area contributed by atoms with Crippen LogP contribution in [0.25, 0.3) is 5.69 Å². The van der Waals surface area contributed by atoms with E-state index in [2.05, 4.69) is 5.32 Å². The minimum Gasteiger partial charge on any atom is -0.396 e. The molecule has 122 valence electrons. The number of aliphatic hydroxyl groups excluding tert-OH is 1. The minimum atomic E-state index is -1.30. The van der Waals surface area contributed by atoms with Gasteiger partial charge in [-0.05, 0) is 24.6 Å². The zero-order valence-electron chi connectivity index (χ0n) is 12.6. The smallest absolute Gasteiger partial charge is 0.255 e. The molecular weight excluding hydrogens is 313 g/mol. The van der Waals surface area contributed by atoms with Gasteiger partial charge >= 0.3 is 0 Å². The Morgan fingerprint density at radius 1 is 1.46 bits per heavy atom. The molecule has 1 aromatic carbocycles. The van der Waals surface area contributed by atoms with Gasteiger partial charge in [-0.2, -0.15) is 5.26 Å². The number of carbonyl (C=O) groups excluding carboxylic acids is 1. The molecule has 1 aliphatic carbocycles. The van der Waals surface area contributed by atoms with Crippen molar-refractivity contribution in [3.8, 4) is 11.8 Å². The normalized spacial score (nSPS) is 21.8. The van der Waals surface area contributed by atoms with Gasteiger partial charge in [0, 0.05) is 30.9 Å². The van der Waals surface area contributed by atoms with E-state index in [1.165, 1.54) is 29.0 Å². The second kappa shape index (κ2) is 5.91. The summed E-state index contributed by atoms with van der Waals surface area (Å²) in [5.74, 6) is -1.77. The molecule has 1 amide bonds. The molecule has 2 aromatic rings. The van der Waals surface area contributed by atoms with Crippen molar-refractivity contribution in [2.45, 2.75) is 6.42 Å². The van der Waals surface area contributed by atoms with Crippen LogP contribution < -0.4 is 10.9 Å². The Hall–Kier alpha value is -2.98. The number of carbonyl (C=O) groups is 1. The number of amides is 1. The largest absolute Gasteiger partial charge is 0.396 e. The van der Waals surface area contributed by atoms with Gasteiger partial charge in [0.05, 0.1) is 17.4 Å². The number of halogens is 1. The maximum Gasteiger partial charge on any atom is 0.255 e. The zero-order valence-corrected chi connectivity index (χ0v) is 12.6. The predicted octanol–water partition coefficient (Wildman–Crippen LogP) is 1.44. The van der Waals surface area contributed by atoms with Crippen LogP contribution in [0, 0.1) is 28.5 Å². The number of nitrogens with one attached hydrogen (secondary N) is 1. The molecule has 1 heterocycles. The van der Waals surface area contributed by atoms with Crippen molar-refractivity contribution in [3.05, 3.63) is 58.8 Å². The first-order chi connectivity index (χ1) is 11.5. The number of aliphatic hydroxyl groups is 1. The summed E-state index contributed by atoms with van der Waals surface area (Å²) in [6.07, 6.45) is 1.76. The first-order valence-corrected chi connectivity index (χ1v) is 7.33. The molecule has 0 saturated heterocycles. The number of hydrogen-bond donors (Lipinski definition) is 2. The maximum atomic E-state index is 14.3. The Kier molecular flexibility index (Phi) is 3.91. The highest BCUT2D eigenvalue weighted by Gasteiger charge is 2.60. The molecule has 0 spiro atoms. The van der Waals surface area contributed by atoms with E-state index in [0.29, 0.717) is 5.69 Å². The Morgan fingerprint density at radius 3 is 2.83 bits per heavy atom. The van der Waals surface area contributed by atoms with E-state index in [9.17, 15) is 14.0 Å².